The predicted octanol–water partition coefficient (Wildman–Crippen LogP) is 1.45. The second kappa shape index (κ2) is 5.65. The fourth-order valence-electron chi connectivity index (χ4n) is 2.50. The van der Waals surface area contributed by atoms with E-state index in [-0.39, 0.29) is 17.8 Å². The highest BCUT2D eigenvalue weighted by molar-refractivity contribution is 5.92. The molecule has 0 unspecified atom stereocenters. The Kier molecular flexibility index (Phi) is 3.70. The number of piperazine rings is 1. The van der Waals surface area contributed by atoms with Gasteiger partial charge in [-0.2, -0.15) is 5.10 Å². The number of hydrogen-bond acceptors (Lipinski definition) is 3. The maximum absolute atomic E-state index is 13.7. The van der Waals surface area contributed by atoms with Crippen molar-refractivity contribution in [3.63, 3.8) is 0 Å². The van der Waals surface area contributed by atoms with Gasteiger partial charge in [0.05, 0.1) is 0 Å². The summed E-state index contributed by atoms with van der Waals surface area (Å²) in [6.07, 6.45) is 1.61. The SMILES string of the molecule is C[C@@H]1CNCCN1C(=O)c1ccn(-c2ccccc2F)n1. The van der Waals surface area contributed by atoms with E-state index in [1.165, 1.54) is 10.7 Å². The Balaban J connectivity index is 1.85. The Morgan fingerprint density at radius 2 is 2.19 bits per heavy atom. The first kappa shape index (κ1) is 13.8. The lowest BCUT2D eigenvalue weighted by Crippen LogP contribution is -2.52. The summed E-state index contributed by atoms with van der Waals surface area (Å²) in [6, 6.07) is 8.12. The van der Waals surface area contributed by atoms with Crippen LogP contribution in [0.25, 0.3) is 5.69 Å². The summed E-state index contributed by atoms with van der Waals surface area (Å²) in [6.45, 7) is 4.22. The monoisotopic (exact) mass is 288 g/mol. The van der Waals surface area contributed by atoms with Gasteiger partial charge in [-0.25, -0.2) is 9.07 Å². The zero-order valence-corrected chi connectivity index (χ0v) is 11.8. The maximum atomic E-state index is 13.7. The van der Waals surface area contributed by atoms with E-state index in [1.54, 1.807) is 35.4 Å². The van der Waals surface area contributed by atoms with Crippen LogP contribution in [0, 0.1) is 5.82 Å². The van der Waals surface area contributed by atoms with Gasteiger partial charge in [-0.05, 0) is 25.1 Å². The molecule has 0 bridgehead atoms. The molecule has 0 spiro atoms. The molecule has 0 aliphatic carbocycles. The van der Waals surface area contributed by atoms with Crippen LogP contribution >= 0.6 is 0 Å². The molecule has 1 N–H and O–H groups in total. The van der Waals surface area contributed by atoms with Gasteiger partial charge >= 0.3 is 0 Å². The molecule has 110 valence electrons. The fourth-order valence-corrected chi connectivity index (χ4v) is 2.50. The van der Waals surface area contributed by atoms with E-state index in [0.717, 1.165) is 13.1 Å². The van der Waals surface area contributed by atoms with Crippen LogP contribution in [0.3, 0.4) is 0 Å². The smallest absolute Gasteiger partial charge is 0.274 e. The average molecular weight is 288 g/mol. The number of amides is 1. The van der Waals surface area contributed by atoms with Crippen molar-refractivity contribution in [1.82, 2.24) is 20.0 Å². The Labute approximate surface area is 122 Å². The first-order valence-electron chi connectivity index (χ1n) is 6.99. The molecule has 1 atom stereocenters. The standard InChI is InChI=1S/C15H17FN4O/c1-11-10-17-7-9-19(11)15(21)13-6-8-20(18-13)14-5-3-2-4-12(14)16/h2-6,8,11,17H,7,9-10H2,1H3/t11-/m1/s1. The second-order valence-electron chi connectivity index (χ2n) is 5.15. The van der Waals surface area contributed by atoms with Crippen LogP contribution in [0.1, 0.15) is 17.4 Å². The maximum Gasteiger partial charge on any atom is 0.274 e. The molecule has 3 rings (SSSR count). The van der Waals surface area contributed by atoms with Crippen LogP contribution in [-0.4, -0.2) is 46.3 Å². The van der Waals surface area contributed by atoms with Gasteiger partial charge in [0.1, 0.15) is 11.5 Å². The molecule has 0 radical (unpaired) electrons. The molecule has 1 aliphatic heterocycles. The summed E-state index contributed by atoms with van der Waals surface area (Å²) in [5.74, 6) is -0.478. The number of hydrogen-bond donors (Lipinski definition) is 1. The highest BCUT2D eigenvalue weighted by Gasteiger charge is 2.25. The Bertz CT molecular complexity index is 655. The molecule has 1 aliphatic rings. The average Bonchev–Trinajstić information content (AvgIpc) is 2.97. The van der Waals surface area contributed by atoms with Crippen molar-refractivity contribution >= 4 is 5.91 Å². The van der Waals surface area contributed by atoms with Gasteiger partial charge in [0, 0.05) is 31.9 Å². The summed E-state index contributed by atoms with van der Waals surface area (Å²) in [4.78, 5) is 14.3. The lowest BCUT2D eigenvalue weighted by Gasteiger charge is -2.33. The largest absolute Gasteiger partial charge is 0.332 e. The first-order valence-corrected chi connectivity index (χ1v) is 6.99. The molecule has 1 fully saturated rings. The van der Waals surface area contributed by atoms with Crippen molar-refractivity contribution in [2.45, 2.75) is 13.0 Å². The van der Waals surface area contributed by atoms with Crippen LogP contribution in [0.2, 0.25) is 0 Å². The minimum Gasteiger partial charge on any atom is -0.332 e. The third-order valence-electron chi connectivity index (χ3n) is 3.67. The zero-order valence-electron chi connectivity index (χ0n) is 11.8. The normalized spacial score (nSPS) is 18.8. The molecular formula is C15H17FN4O. The minimum atomic E-state index is -0.366. The highest BCUT2D eigenvalue weighted by Crippen LogP contribution is 2.14. The van der Waals surface area contributed by atoms with Gasteiger partial charge in [-0.15, -0.1) is 0 Å². The minimum absolute atomic E-state index is 0.112. The number of rotatable bonds is 2. The molecule has 6 heteroatoms. The van der Waals surface area contributed by atoms with Crippen molar-refractivity contribution in [1.29, 1.82) is 0 Å². The van der Waals surface area contributed by atoms with Crippen molar-refractivity contribution in [3.05, 3.63) is 48.0 Å². The van der Waals surface area contributed by atoms with Crippen molar-refractivity contribution in [2.75, 3.05) is 19.6 Å². The van der Waals surface area contributed by atoms with E-state index >= 15 is 0 Å². The zero-order chi connectivity index (χ0) is 14.8. The number of nitrogens with one attached hydrogen (secondary N) is 1. The fraction of sp³-hybridized carbons (Fsp3) is 0.333. The third kappa shape index (κ3) is 2.67. The van der Waals surface area contributed by atoms with E-state index in [2.05, 4.69) is 10.4 Å². The van der Waals surface area contributed by atoms with Gasteiger partial charge in [0.25, 0.3) is 5.91 Å². The number of para-hydroxylation sites is 1. The van der Waals surface area contributed by atoms with Crippen LogP contribution < -0.4 is 5.32 Å². The highest BCUT2D eigenvalue weighted by atomic mass is 19.1. The summed E-state index contributed by atoms with van der Waals surface area (Å²) in [5, 5.41) is 7.46. The molecule has 1 amide bonds. The number of nitrogens with zero attached hydrogens (tertiary/aromatic N) is 3. The van der Waals surface area contributed by atoms with E-state index in [4.69, 9.17) is 0 Å². The molecular weight excluding hydrogens is 271 g/mol. The Hall–Kier alpha value is -2.21. The lowest BCUT2D eigenvalue weighted by atomic mass is 10.2. The van der Waals surface area contributed by atoms with Gasteiger partial charge in [0.2, 0.25) is 0 Å². The lowest BCUT2D eigenvalue weighted by molar-refractivity contribution is 0.0649. The number of halogens is 1. The molecule has 5 nitrogen and oxygen atoms in total. The van der Waals surface area contributed by atoms with E-state index in [0.29, 0.717) is 17.9 Å². The first-order chi connectivity index (χ1) is 10.2. The number of aromatic nitrogens is 2. The van der Waals surface area contributed by atoms with Gasteiger partial charge < -0.3 is 10.2 Å². The summed E-state index contributed by atoms with van der Waals surface area (Å²) < 4.78 is 15.1. The van der Waals surface area contributed by atoms with Crippen LogP contribution in [0.5, 0.6) is 0 Å². The molecule has 1 saturated heterocycles. The predicted molar refractivity (Wildman–Crippen MR) is 76.9 cm³/mol. The number of carbonyl (C=O) groups excluding carboxylic acids is 1. The van der Waals surface area contributed by atoms with Crippen LogP contribution in [0.15, 0.2) is 36.5 Å². The van der Waals surface area contributed by atoms with Gasteiger partial charge in [-0.3, -0.25) is 4.79 Å². The van der Waals surface area contributed by atoms with Crippen LogP contribution in [-0.2, 0) is 0 Å². The van der Waals surface area contributed by atoms with Crippen molar-refractivity contribution in [2.24, 2.45) is 0 Å². The Morgan fingerprint density at radius 1 is 1.38 bits per heavy atom. The van der Waals surface area contributed by atoms with E-state index < -0.39 is 0 Å². The molecule has 2 aromatic rings. The second-order valence-corrected chi connectivity index (χ2v) is 5.15. The van der Waals surface area contributed by atoms with E-state index in [9.17, 15) is 9.18 Å². The number of benzene rings is 1. The van der Waals surface area contributed by atoms with Crippen molar-refractivity contribution < 1.29 is 9.18 Å². The van der Waals surface area contributed by atoms with Gasteiger partial charge in [-0.1, -0.05) is 12.1 Å². The van der Waals surface area contributed by atoms with E-state index in [1.807, 2.05) is 6.92 Å². The topological polar surface area (TPSA) is 50.2 Å². The Morgan fingerprint density at radius 3 is 2.95 bits per heavy atom. The van der Waals surface area contributed by atoms with Crippen LogP contribution in [0.4, 0.5) is 4.39 Å². The summed E-state index contributed by atoms with van der Waals surface area (Å²) >= 11 is 0. The molecule has 1 aromatic carbocycles. The molecule has 21 heavy (non-hydrogen) atoms. The number of carbonyl (C=O) groups is 1. The summed E-state index contributed by atoms with van der Waals surface area (Å²) in [5.41, 5.74) is 0.678. The van der Waals surface area contributed by atoms with Gasteiger partial charge in [0.15, 0.2) is 5.69 Å². The molecule has 2 heterocycles. The molecule has 0 saturated carbocycles. The molecule has 1 aromatic heterocycles. The third-order valence-corrected chi connectivity index (χ3v) is 3.67. The summed E-state index contributed by atoms with van der Waals surface area (Å²) in [7, 11) is 0. The van der Waals surface area contributed by atoms with Crippen molar-refractivity contribution in [3.8, 4) is 5.69 Å². The quantitative estimate of drug-likeness (QED) is 0.910.